The van der Waals surface area contributed by atoms with Crippen LogP contribution >= 0.6 is 0 Å². The number of hydrogen-bond acceptors (Lipinski definition) is 2. The summed E-state index contributed by atoms with van der Waals surface area (Å²) in [6, 6.07) is 123. The lowest BCUT2D eigenvalue weighted by Gasteiger charge is -2.76. The Morgan fingerprint density at radius 3 is 1.57 bits per heavy atom. The number of hydrogen-bond donors (Lipinski definition) is 0. The third-order valence-electron chi connectivity index (χ3n) is 28.6. The SMILES string of the molecule is c1ccc(-c2ccccc2N(c2cccc(-n3c4ccccc4c4cc(-c5ccc6c(c5)-c5cc(N(c7ccccc7-c7ccccc7)c7ccc(-c8ccccc8)c8ccccc78)ccc5C65C6CC7CC(C6)C5C7)ccc43)c2)c2ccc3c(c2)-c2ccccc2C32C3CC4CC5CC2C53C4)cc1. The van der Waals surface area contributed by atoms with Crippen LogP contribution in [0.5, 0.6) is 0 Å². The van der Waals surface area contributed by atoms with E-state index in [2.05, 4.69) is 336 Å². The van der Waals surface area contributed by atoms with Gasteiger partial charge in [0.2, 0.25) is 0 Å². The fourth-order valence-electron chi connectivity index (χ4n) is 25.2. The van der Waals surface area contributed by atoms with Crippen LogP contribution in [0.15, 0.2) is 322 Å². The van der Waals surface area contributed by atoms with E-state index in [1.807, 2.05) is 0 Å². The monoisotopic (exact) mass is 1330 g/mol. The molecule has 496 valence electrons. The van der Waals surface area contributed by atoms with Crippen LogP contribution in [0.4, 0.5) is 34.1 Å². The molecule has 0 saturated heterocycles. The topological polar surface area (TPSA) is 11.4 Å². The van der Waals surface area contributed by atoms with Gasteiger partial charge in [-0.05, 0) is 272 Å². The van der Waals surface area contributed by atoms with Gasteiger partial charge >= 0.3 is 0 Å². The molecule has 0 amide bonds. The molecule has 3 heteroatoms. The molecule has 11 unspecified atom stereocenters. The molecule has 11 atom stereocenters. The Kier molecular flexibility index (Phi) is 12.0. The Hall–Kier alpha value is -11.3. The summed E-state index contributed by atoms with van der Waals surface area (Å²) in [6.45, 7) is 0. The smallest absolute Gasteiger partial charge is 0.0541 e. The minimum atomic E-state index is 0.00503. The molecule has 14 aromatic carbocycles. The molecule has 0 radical (unpaired) electrons. The number of rotatable bonds is 11. The van der Waals surface area contributed by atoms with Crippen LogP contribution in [0.3, 0.4) is 0 Å². The quantitative estimate of drug-likeness (QED) is 0.128. The average molecular weight is 1330 g/mol. The van der Waals surface area contributed by atoms with Gasteiger partial charge < -0.3 is 14.4 Å². The Balaban J connectivity index is 0.653. The van der Waals surface area contributed by atoms with Gasteiger partial charge in [0.1, 0.15) is 0 Å². The van der Waals surface area contributed by atoms with Gasteiger partial charge in [-0.2, -0.15) is 0 Å². The lowest BCUT2D eigenvalue weighted by Crippen LogP contribution is -2.73. The molecule has 3 spiro atoms. The lowest BCUT2D eigenvalue weighted by molar-refractivity contribution is -0.231. The zero-order chi connectivity index (χ0) is 67.7. The second-order valence-electron chi connectivity index (χ2n) is 32.7. The maximum Gasteiger partial charge on any atom is 0.0541 e. The van der Waals surface area contributed by atoms with Crippen LogP contribution in [0.25, 0.3) is 105 Å². The predicted molar refractivity (Wildman–Crippen MR) is 429 cm³/mol. The Bertz CT molecular complexity index is 6120. The van der Waals surface area contributed by atoms with E-state index in [4.69, 9.17) is 0 Å². The van der Waals surface area contributed by atoms with Crippen molar-refractivity contribution in [1.29, 1.82) is 0 Å². The molecule has 3 nitrogen and oxygen atoms in total. The maximum absolute atomic E-state index is 2.62. The van der Waals surface area contributed by atoms with Gasteiger partial charge in [0, 0.05) is 60.9 Å². The average Bonchev–Trinajstić information content (AvgIpc) is 1.42. The van der Waals surface area contributed by atoms with E-state index < -0.39 is 0 Å². The van der Waals surface area contributed by atoms with Crippen molar-refractivity contribution in [2.24, 2.45) is 52.8 Å². The van der Waals surface area contributed by atoms with E-state index in [-0.39, 0.29) is 10.8 Å². The summed E-state index contributed by atoms with van der Waals surface area (Å²) in [7, 11) is 0. The summed E-state index contributed by atoms with van der Waals surface area (Å²) in [6.07, 6.45) is 11.2. The van der Waals surface area contributed by atoms with Crippen molar-refractivity contribution in [3.05, 3.63) is 344 Å². The highest BCUT2D eigenvalue weighted by Crippen LogP contribution is 2.90. The molecule has 10 aliphatic rings. The first-order valence-electron chi connectivity index (χ1n) is 38.6. The van der Waals surface area contributed by atoms with E-state index in [0.29, 0.717) is 17.3 Å². The molecular weight excluding hydrogens is 1260 g/mol. The first-order valence-corrected chi connectivity index (χ1v) is 38.6. The highest BCUT2D eigenvalue weighted by Gasteiger charge is 2.84. The molecule has 104 heavy (non-hydrogen) atoms. The molecule has 8 saturated carbocycles. The van der Waals surface area contributed by atoms with Gasteiger partial charge in [-0.3, -0.25) is 0 Å². The molecule has 1 heterocycles. The molecule has 15 aromatic rings. The lowest BCUT2D eigenvalue weighted by atomic mass is 9.27. The summed E-state index contributed by atoms with van der Waals surface area (Å²) in [4.78, 5) is 5.15. The van der Waals surface area contributed by atoms with Crippen molar-refractivity contribution < 1.29 is 0 Å². The van der Waals surface area contributed by atoms with E-state index >= 15 is 0 Å². The molecule has 0 N–H and O–H groups in total. The van der Waals surface area contributed by atoms with Crippen molar-refractivity contribution in [2.75, 3.05) is 9.80 Å². The van der Waals surface area contributed by atoms with E-state index in [1.165, 1.54) is 173 Å². The van der Waals surface area contributed by atoms with E-state index in [0.717, 1.165) is 52.6 Å². The molecular formula is C101H77N3. The third-order valence-corrected chi connectivity index (χ3v) is 28.6. The van der Waals surface area contributed by atoms with E-state index in [1.54, 1.807) is 22.3 Å². The predicted octanol–water partition coefficient (Wildman–Crippen LogP) is 26.2. The zero-order valence-electron chi connectivity index (χ0n) is 58.2. The van der Waals surface area contributed by atoms with Crippen LogP contribution in [-0.2, 0) is 10.8 Å². The second kappa shape index (κ2) is 21.4. The van der Waals surface area contributed by atoms with Gasteiger partial charge in [-0.1, -0.05) is 237 Å². The van der Waals surface area contributed by atoms with Gasteiger partial charge in [0.15, 0.2) is 0 Å². The first kappa shape index (κ1) is 58.3. The third kappa shape index (κ3) is 7.62. The van der Waals surface area contributed by atoms with Gasteiger partial charge in [-0.25, -0.2) is 0 Å². The molecule has 25 rings (SSSR count). The van der Waals surface area contributed by atoms with Crippen LogP contribution in [0, 0.1) is 52.8 Å². The summed E-state index contributed by atoms with van der Waals surface area (Å²) < 4.78 is 2.53. The Labute approximate surface area is 608 Å². The van der Waals surface area contributed by atoms with Crippen molar-refractivity contribution in [1.82, 2.24) is 4.57 Å². The molecule has 8 fully saturated rings. The Morgan fingerprint density at radius 1 is 0.279 bits per heavy atom. The Morgan fingerprint density at radius 2 is 0.827 bits per heavy atom. The number of nitrogens with zero attached hydrogens (tertiary/aromatic N) is 3. The minimum Gasteiger partial charge on any atom is -0.310 e. The van der Waals surface area contributed by atoms with Gasteiger partial charge in [0.25, 0.3) is 0 Å². The summed E-state index contributed by atoms with van der Waals surface area (Å²) >= 11 is 0. The van der Waals surface area contributed by atoms with Crippen molar-refractivity contribution >= 4 is 66.7 Å². The number of anilines is 6. The minimum absolute atomic E-state index is 0.00503. The van der Waals surface area contributed by atoms with E-state index in [9.17, 15) is 0 Å². The van der Waals surface area contributed by atoms with Gasteiger partial charge in [-0.15, -0.1) is 0 Å². The number of fused-ring (bicyclic) bond motifs is 15. The van der Waals surface area contributed by atoms with Crippen LogP contribution in [0.1, 0.15) is 73.6 Å². The highest BCUT2D eigenvalue weighted by atomic mass is 15.2. The van der Waals surface area contributed by atoms with Crippen molar-refractivity contribution in [2.45, 2.75) is 62.2 Å². The van der Waals surface area contributed by atoms with Crippen LogP contribution < -0.4 is 9.80 Å². The summed E-state index contributed by atoms with van der Waals surface area (Å²) in [5, 5.41) is 4.99. The molecule has 6 bridgehead atoms. The standard InChI is InChI=1S/C101H77N3/c1-4-21-64(22-5-1)76-43-48-95(81-33-11-10-31-79(76)81)104(93-37-18-14-30-78(93)66-25-8-3-9-26-66)75-42-45-89-85(60-75)83-55-67(39-44-88(83)100(89)71-50-62-49-69(54-71)91(100)52-62)68-40-47-96-86(56-68)82-34-15-19-38-94(82)103(96)73-28-20-27-72(58-73)102(92-36-17-13-29-77(92)65-23-6-2-7-24-65)74-41-46-90-84(59-74)80-32-12-16-35-87(80)101(90)97-53-63-51-70-57-98(101)99(70,97)61-63/h1-48,55-56,58-60,62-63,69-71,91,97-98H,49-54,57,61H2. The summed E-state index contributed by atoms with van der Waals surface area (Å²) in [5.74, 6) is 6.33. The number of para-hydroxylation sites is 3. The normalized spacial score (nSPS) is 25.3. The second-order valence-corrected chi connectivity index (χ2v) is 32.7. The number of aromatic nitrogens is 1. The van der Waals surface area contributed by atoms with Crippen molar-refractivity contribution in [3.63, 3.8) is 0 Å². The number of benzene rings is 14. The largest absolute Gasteiger partial charge is 0.310 e. The highest BCUT2D eigenvalue weighted by molar-refractivity contribution is 6.11. The maximum atomic E-state index is 2.62. The fraction of sp³-hybridized carbons (Fsp3) is 0.188. The summed E-state index contributed by atoms with van der Waals surface area (Å²) in [5.41, 5.74) is 33.1. The molecule has 10 aliphatic carbocycles. The molecule has 1 aromatic heterocycles. The van der Waals surface area contributed by atoms with Gasteiger partial charge in [0.05, 0.1) is 28.1 Å². The zero-order valence-corrected chi connectivity index (χ0v) is 58.2. The van der Waals surface area contributed by atoms with Crippen molar-refractivity contribution in [3.8, 4) is 72.4 Å². The van der Waals surface area contributed by atoms with Crippen LogP contribution in [0.2, 0.25) is 0 Å². The van der Waals surface area contributed by atoms with Crippen LogP contribution in [-0.4, -0.2) is 4.57 Å². The first-order chi connectivity index (χ1) is 51.5. The molecule has 0 aliphatic heterocycles. The fourth-order valence-corrected chi connectivity index (χ4v) is 25.2.